The van der Waals surface area contributed by atoms with Crippen LogP contribution in [0.5, 0.6) is 5.75 Å². The van der Waals surface area contributed by atoms with Gasteiger partial charge in [-0.15, -0.1) is 0 Å². The van der Waals surface area contributed by atoms with Gasteiger partial charge < -0.3 is 19.5 Å². The second-order valence-electron chi connectivity index (χ2n) is 7.50. The zero-order valence-electron chi connectivity index (χ0n) is 17.0. The fourth-order valence-electron chi connectivity index (χ4n) is 3.70. The van der Waals surface area contributed by atoms with Crippen LogP contribution in [-0.4, -0.2) is 41.0 Å². The Morgan fingerprint density at radius 3 is 2.42 bits per heavy atom. The average Bonchev–Trinajstić information content (AvgIpc) is 3.34. The van der Waals surface area contributed by atoms with E-state index in [2.05, 4.69) is 5.32 Å². The van der Waals surface area contributed by atoms with Crippen LogP contribution in [0.1, 0.15) is 12.8 Å². The average molecular weight is 438 g/mol. The maximum absolute atomic E-state index is 12.9. The maximum atomic E-state index is 12.9. The van der Waals surface area contributed by atoms with Crippen LogP contribution in [0.3, 0.4) is 0 Å². The van der Waals surface area contributed by atoms with Crippen molar-refractivity contribution < 1.29 is 14.3 Å². The zero-order valence-corrected chi connectivity index (χ0v) is 17.8. The number of amides is 2. The Morgan fingerprint density at radius 2 is 1.71 bits per heavy atom. The number of piperidine rings is 1. The Hall–Kier alpha value is -3.25. The van der Waals surface area contributed by atoms with Crippen molar-refractivity contribution in [3.63, 3.8) is 0 Å². The molecule has 7 heteroatoms. The molecule has 0 spiro atoms. The lowest BCUT2D eigenvalue weighted by atomic mass is 9.95. The van der Waals surface area contributed by atoms with Gasteiger partial charge in [0.05, 0.1) is 11.4 Å². The number of ether oxygens (including phenoxy) is 1. The molecule has 0 bridgehead atoms. The van der Waals surface area contributed by atoms with Crippen molar-refractivity contribution in [3.05, 3.63) is 78.1 Å². The fraction of sp³-hybridized carbons (Fsp3) is 0.250. The number of rotatable bonds is 6. The number of carbonyl (C=O) groups excluding carboxylic acids is 2. The van der Waals surface area contributed by atoms with E-state index in [-0.39, 0.29) is 24.3 Å². The summed E-state index contributed by atoms with van der Waals surface area (Å²) < 4.78 is 7.46. The molecule has 1 aliphatic rings. The molecule has 0 unspecified atom stereocenters. The number of nitrogens with zero attached hydrogens (tertiary/aromatic N) is 2. The topological polar surface area (TPSA) is 63.6 Å². The summed E-state index contributed by atoms with van der Waals surface area (Å²) in [4.78, 5) is 27.1. The highest BCUT2D eigenvalue weighted by Gasteiger charge is 2.28. The third kappa shape index (κ3) is 5.27. The molecule has 6 nitrogen and oxygen atoms in total. The quantitative estimate of drug-likeness (QED) is 0.622. The van der Waals surface area contributed by atoms with Gasteiger partial charge in [0.2, 0.25) is 5.91 Å². The first-order valence-electron chi connectivity index (χ1n) is 10.3. The summed E-state index contributed by atoms with van der Waals surface area (Å²) in [5.74, 6) is 0.428. The number of carbonyl (C=O) groups is 2. The van der Waals surface area contributed by atoms with Gasteiger partial charge in [-0.3, -0.25) is 9.59 Å². The molecule has 31 heavy (non-hydrogen) atoms. The van der Waals surface area contributed by atoms with E-state index in [0.717, 1.165) is 5.69 Å². The van der Waals surface area contributed by atoms with Gasteiger partial charge in [0.15, 0.2) is 6.61 Å². The van der Waals surface area contributed by atoms with E-state index in [0.29, 0.717) is 42.4 Å². The van der Waals surface area contributed by atoms with Crippen molar-refractivity contribution in [2.45, 2.75) is 12.8 Å². The summed E-state index contributed by atoms with van der Waals surface area (Å²) in [7, 11) is 0. The Kier molecular flexibility index (Phi) is 6.57. The molecule has 0 saturated carbocycles. The molecule has 2 aromatic carbocycles. The molecule has 0 aliphatic carbocycles. The zero-order chi connectivity index (χ0) is 21.6. The van der Waals surface area contributed by atoms with Gasteiger partial charge in [-0.25, -0.2) is 0 Å². The van der Waals surface area contributed by atoms with Gasteiger partial charge in [0.1, 0.15) is 5.75 Å². The molecular formula is C24H24ClN3O3. The number of anilines is 1. The Morgan fingerprint density at radius 1 is 1.00 bits per heavy atom. The lowest BCUT2D eigenvalue weighted by Gasteiger charge is -2.31. The van der Waals surface area contributed by atoms with E-state index in [4.69, 9.17) is 16.3 Å². The van der Waals surface area contributed by atoms with Crippen LogP contribution in [0.2, 0.25) is 5.02 Å². The minimum atomic E-state index is -0.146. The van der Waals surface area contributed by atoms with E-state index in [1.54, 1.807) is 11.0 Å². The van der Waals surface area contributed by atoms with Gasteiger partial charge in [-0.1, -0.05) is 29.8 Å². The predicted molar refractivity (Wildman–Crippen MR) is 121 cm³/mol. The van der Waals surface area contributed by atoms with Crippen molar-refractivity contribution in [1.29, 1.82) is 0 Å². The van der Waals surface area contributed by atoms with Crippen LogP contribution in [0.4, 0.5) is 5.69 Å². The van der Waals surface area contributed by atoms with Crippen LogP contribution < -0.4 is 10.1 Å². The fourth-order valence-corrected chi connectivity index (χ4v) is 3.86. The van der Waals surface area contributed by atoms with E-state index in [1.807, 2.05) is 71.6 Å². The van der Waals surface area contributed by atoms with E-state index >= 15 is 0 Å². The van der Waals surface area contributed by atoms with Crippen LogP contribution in [-0.2, 0) is 9.59 Å². The number of para-hydroxylation sites is 1. The highest BCUT2D eigenvalue weighted by Crippen LogP contribution is 2.27. The van der Waals surface area contributed by atoms with Crippen LogP contribution in [0.15, 0.2) is 73.1 Å². The van der Waals surface area contributed by atoms with E-state index in [9.17, 15) is 9.59 Å². The number of hydrogen-bond donors (Lipinski definition) is 1. The number of aromatic nitrogens is 1. The summed E-state index contributed by atoms with van der Waals surface area (Å²) >= 11 is 6.16. The number of hydrogen-bond acceptors (Lipinski definition) is 3. The minimum absolute atomic E-state index is 0.00583. The van der Waals surface area contributed by atoms with Crippen molar-refractivity contribution in [2.75, 3.05) is 25.0 Å². The number of halogens is 1. The summed E-state index contributed by atoms with van der Waals surface area (Å²) in [5, 5.41) is 3.64. The first kappa shape index (κ1) is 21.0. The van der Waals surface area contributed by atoms with Crippen molar-refractivity contribution in [1.82, 2.24) is 9.47 Å². The molecule has 1 N–H and O–H groups in total. The number of benzene rings is 2. The second kappa shape index (κ2) is 9.71. The van der Waals surface area contributed by atoms with Crippen molar-refractivity contribution >= 4 is 29.1 Å². The molecule has 1 aliphatic heterocycles. The molecule has 0 atom stereocenters. The highest BCUT2D eigenvalue weighted by molar-refractivity contribution is 6.31. The molecule has 1 fully saturated rings. The van der Waals surface area contributed by atoms with Gasteiger partial charge in [0.25, 0.3) is 5.91 Å². The third-order valence-electron chi connectivity index (χ3n) is 5.42. The first-order chi connectivity index (χ1) is 15.1. The van der Waals surface area contributed by atoms with Crippen LogP contribution in [0, 0.1) is 5.92 Å². The number of likely N-dealkylation sites (tertiary alicyclic amines) is 1. The van der Waals surface area contributed by atoms with Gasteiger partial charge in [-0.2, -0.15) is 0 Å². The molecule has 1 aromatic heterocycles. The monoisotopic (exact) mass is 437 g/mol. The molecule has 4 rings (SSSR count). The summed E-state index contributed by atoms with van der Waals surface area (Å²) in [5.41, 5.74) is 1.52. The van der Waals surface area contributed by atoms with Gasteiger partial charge in [0, 0.05) is 36.4 Å². The Bertz CT molecular complexity index is 1030. The molecule has 160 valence electrons. The summed E-state index contributed by atoms with van der Waals surface area (Å²) in [6, 6.07) is 18.5. The van der Waals surface area contributed by atoms with Crippen molar-refractivity contribution in [2.24, 2.45) is 5.92 Å². The molecule has 1 saturated heterocycles. The molecular weight excluding hydrogens is 414 g/mol. The summed E-state index contributed by atoms with van der Waals surface area (Å²) in [6.07, 6.45) is 5.05. The SMILES string of the molecule is O=C(Nc1ccc(Cl)cc1-n1cccc1)C1CCN(C(=O)COc2ccccc2)CC1. The predicted octanol–water partition coefficient (Wildman–Crippen LogP) is 4.39. The molecule has 2 heterocycles. The Balaban J connectivity index is 1.31. The standard InChI is InChI=1S/C24H24ClN3O3/c25-19-8-9-21(22(16-19)27-12-4-5-13-27)26-24(30)18-10-14-28(15-11-18)23(29)17-31-20-6-2-1-3-7-20/h1-9,12-13,16,18H,10-11,14-15,17H2,(H,26,30). The Labute approximate surface area is 186 Å². The lowest BCUT2D eigenvalue weighted by Crippen LogP contribution is -2.43. The van der Waals surface area contributed by atoms with E-state index < -0.39 is 0 Å². The smallest absolute Gasteiger partial charge is 0.260 e. The van der Waals surface area contributed by atoms with E-state index in [1.165, 1.54) is 0 Å². The van der Waals surface area contributed by atoms with Gasteiger partial charge in [-0.05, 0) is 55.3 Å². The van der Waals surface area contributed by atoms with Crippen LogP contribution in [0.25, 0.3) is 5.69 Å². The molecule has 0 radical (unpaired) electrons. The summed E-state index contributed by atoms with van der Waals surface area (Å²) in [6.45, 7) is 1.09. The normalized spacial score (nSPS) is 14.3. The van der Waals surface area contributed by atoms with Gasteiger partial charge >= 0.3 is 0 Å². The lowest BCUT2D eigenvalue weighted by molar-refractivity contribution is -0.136. The highest BCUT2D eigenvalue weighted by atomic mass is 35.5. The largest absolute Gasteiger partial charge is 0.484 e. The molecule has 2 amide bonds. The van der Waals surface area contributed by atoms with Crippen molar-refractivity contribution in [3.8, 4) is 11.4 Å². The first-order valence-corrected chi connectivity index (χ1v) is 10.7. The third-order valence-corrected chi connectivity index (χ3v) is 5.66. The molecule has 3 aromatic rings. The van der Waals surface area contributed by atoms with Crippen LogP contribution >= 0.6 is 11.6 Å². The second-order valence-corrected chi connectivity index (χ2v) is 7.93. The minimum Gasteiger partial charge on any atom is -0.484 e. The number of nitrogens with one attached hydrogen (secondary N) is 1. The maximum Gasteiger partial charge on any atom is 0.260 e.